The van der Waals surface area contributed by atoms with E-state index in [1.807, 2.05) is 31.7 Å². The second-order valence-electron chi connectivity index (χ2n) is 15.1. The highest BCUT2D eigenvalue weighted by atomic mass is 19.1. The number of rotatable bonds is 5. The molecule has 3 aromatic rings. The van der Waals surface area contributed by atoms with Crippen LogP contribution < -0.4 is 4.90 Å². The maximum Gasteiger partial charge on any atom is 0.410 e. The third-order valence-electron chi connectivity index (χ3n) is 9.44. The number of phenolic OH excluding ortho intramolecular Hbond substituents is 1. The summed E-state index contributed by atoms with van der Waals surface area (Å²) in [7, 11) is 0. The molecule has 10 nitrogen and oxygen atoms in total. The SMILES string of the molecule is C[C@@H]1CN(CC(=O)N2CC(C)(C)c3ncc(Cc4ccc(F)cc4F)cc32)[C@H](C(=O)N2Cc3ccc(O)cc3C2)CN1C(=O)OC(C)(C)C. The Bertz CT molecular complexity index is 1810. The van der Waals surface area contributed by atoms with Gasteiger partial charge in [0.1, 0.15) is 29.0 Å². The van der Waals surface area contributed by atoms with Gasteiger partial charge in [-0.15, -0.1) is 0 Å². The summed E-state index contributed by atoms with van der Waals surface area (Å²) < 4.78 is 33.7. The quantitative estimate of drug-likeness (QED) is 0.400. The van der Waals surface area contributed by atoms with Crippen molar-refractivity contribution in [2.24, 2.45) is 0 Å². The number of halogens is 2. The second kappa shape index (κ2) is 12.7. The first-order valence-electron chi connectivity index (χ1n) is 16.6. The van der Waals surface area contributed by atoms with Crippen molar-refractivity contribution in [3.8, 4) is 5.75 Å². The molecule has 3 aliphatic heterocycles. The van der Waals surface area contributed by atoms with E-state index in [1.54, 1.807) is 59.9 Å². The van der Waals surface area contributed by atoms with Crippen molar-refractivity contribution in [1.29, 1.82) is 0 Å². The third-order valence-corrected chi connectivity index (χ3v) is 9.44. The predicted molar refractivity (Wildman–Crippen MR) is 179 cm³/mol. The lowest BCUT2D eigenvalue weighted by atomic mass is 9.91. The number of hydrogen-bond donors (Lipinski definition) is 1. The topological polar surface area (TPSA) is 107 Å². The van der Waals surface area contributed by atoms with Crippen LogP contribution in [0.4, 0.5) is 19.3 Å². The van der Waals surface area contributed by atoms with E-state index < -0.39 is 34.8 Å². The Kier molecular flexibility index (Phi) is 8.89. The molecular formula is C37H43F2N5O5. The number of pyridine rings is 1. The molecule has 3 aliphatic rings. The van der Waals surface area contributed by atoms with Gasteiger partial charge in [-0.05, 0) is 74.2 Å². The van der Waals surface area contributed by atoms with Crippen LogP contribution in [0, 0.1) is 11.6 Å². The fraction of sp³-hybridized carbons (Fsp3) is 0.459. The minimum absolute atomic E-state index is 0.0390. The lowest BCUT2D eigenvalue weighted by molar-refractivity contribution is -0.142. The van der Waals surface area contributed by atoms with E-state index in [1.165, 1.54) is 12.1 Å². The van der Waals surface area contributed by atoms with E-state index >= 15 is 0 Å². The lowest BCUT2D eigenvalue weighted by Gasteiger charge is -2.45. The number of aromatic nitrogens is 1. The molecule has 1 fully saturated rings. The lowest BCUT2D eigenvalue weighted by Crippen LogP contribution is -2.64. The normalized spacial score (nSPS) is 20.3. The van der Waals surface area contributed by atoms with Crippen molar-refractivity contribution in [2.45, 2.75) is 84.2 Å². The minimum Gasteiger partial charge on any atom is -0.508 e. The van der Waals surface area contributed by atoms with E-state index in [0.29, 0.717) is 36.4 Å². The fourth-order valence-corrected chi connectivity index (χ4v) is 7.02. The molecule has 260 valence electrons. The Morgan fingerprint density at radius 3 is 2.47 bits per heavy atom. The molecule has 0 bridgehead atoms. The van der Waals surface area contributed by atoms with Gasteiger partial charge in [0.05, 0.1) is 17.9 Å². The number of ether oxygens (including phenoxy) is 1. The van der Waals surface area contributed by atoms with E-state index in [4.69, 9.17) is 4.74 Å². The number of carbonyl (C=O) groups is 3. The Morgan fingerprint density at radius 1 is 1.02 bits per heavy atom. The van der Waals surface area contributed by atoms with Gasteiger partial charge in [-0.25, -0.2) is 13.6 Å². The zero-order valence-corrected chi connectivity index (χ0v) is 28.8. The van der Waals surface area contributed by atoms with Crippen molar-refractivity contribution in [3.05, 3.63) is 88.2 Å². The molecule has 0 aliphatic carbocycles. The highest BCUT2D eigenvalue weighted by Gasteiger charge is 2.45. The largest absolute Gasteiger partial charge is 0.508 e. The smallest absolute Gasteiger partial charge is 0.410 e. The van der Waals surface area contributed by atoms with Crippen LogP contribution in [0.5, 0.6) is 5.75 Å². The number of phenols is 1. The molecule has 1 aromatic heterocycles. The van der Waals surface area contributed by atoms with Crippen LogP contribution in [0.1, 0.15) is 69.5 Å². The molecule has 12 heteroatoms. The van der Waals surface area contributed by atoms with Gasteiger partial charge in [-0.3, -0.25) is 19.5 Å². The molecule has 1 saturated heterocycles. The molecule has 2 aromatic carbocycles. The number of anilines is 1. The number of hydrogen-bond acceptors (Lipinski definition) is 7. The number of fused-ring (bicyclic) bond motifs is 2. The number of nitrogens with zero attached hydrogens (tertiary/aromatic N) is 5. The van der Waals surface area contributed by atoms with Gasteiger partial charge in [0.15, 0.2) is 0 Å². The van der Waals surface area contributed by atoms with Gasteiger partial charge in [-0.2, -0.15) is 0 Å². The summed E-state index contributed by atoms with van der Waals surface area (Å²) in [5.74, 6) is -1.64. The van der Waals surface area contributed by atoms with E-state index in [9.17, 15) is 28.3 Å². The summed E-state index contributed by atoms with van der Waals surface area (Å²) in [6, 6.07) is 9.17. The van der Waals surface area contributed by atoms with Crippen LogP contribution in [0.25, 0.3) is 0 Å². The van der Waals surface area contributed by atoms with Crippen LogP contribution in [0.15, 0.2) is 48.7 Å². The second-order valence-corrected chi connectivity index (χ2v) is 15.1. The third kappa shape index (κ3) is 7.10. The van der Waals surface area contributed by atoms with Gasteiger partial charge in [0, 0.05) is 62.9 Å². The van der Waals surface area contributed by atoms with Crippen LogP contribution in [-0.2, 0) is 39.3 Å². The fourth-order valence-electron chi connectivity index (χ4n) is 7.02. The van der Waals surface area contributed by atoms with Crippen molar-refractivity contribution < 1.29 is 33.0 Å². The van der Waals surface area contributed by atoms with Crippen molar-refractivity contribution in [2.75, 3.05) is 31.1 Å². The molecule has 0 radical (unpaired) electrons. The van der Waals surface area contributed by atoms with Crippen LogP contribution in [-0.4, -0.2) is 86.6 Å². The molecule has 0 unspecified atom stereocenters. The molecule has 0 spiro atoms. The molecule has 6 rings (SSSR count). The Balaban J connectivity index is 1.26. The van der Waals surface area contributed by atoms with Gasteiger partial charge in [0.2, 0.25) is 11.8 Å². The first-order chi connectivity index (χ1) is 23.0. The average molecular weight is 676 g/mol. The number of benzene rings is 2. The summed E-state index contributed by atoms with van der Waals surface area (Å²) in [5, 5.41) is 10.0. The number of amides is 3. The van der Waals surface area contributed by atoms with E-state index in [-0.39, 0.29) is 49.7 Å². The maximum absolute atomic E-state index is 14.5. The maximum atomic E-state index is 14.5. The van der Waals surface area contributed by atoms with Gasteiger partial charge in [-0.1, -0.05) is 26.0 Å². The van der Waals surface area contributed by atoms with Crippen LogP contribution in [0.3, 0.4) is 0 Å². The molecular weight excluding hydrogens is 632 g/mol. The number of aromatic hydroxyl groups is 1. The molecule has 2 atom stereocenters. The summed E-state index contributed by atoms with van der Waals surface area (Å²) in [4.78, 5) is 53.2. The number of carbonyl (C=O) groups excluding carboxylic acids is 3. The molecule has 49 heavy (non-hydrogen) atoms. The highest BCUT2D eigenvalue weighted by Crippen LogP contribution is 2.40. The Morgan fingerprint density at radius 2 is 1.76 bits per heavy atom. The predicted octanol–water partition coefficient (Wildman–Crippen LogP) is 5.13. The zero-order valence-electron chi connectivity index (χ0n) is 28.8. The Labute approximate surface area is 285 Å². The van der Waals surface area contributed by atoms with Crippen LogP contribution in [0.2, 0.25) is 0 Å². The minimum atomic E-state index is -0.823. The standard InChI is InChI=1S/C37H43F2N5O5/c1-22-16-41(31(19-43(22)35(48)49-36(2,3)4)34(47)42-17-25-8-10-28(45)13-26(25)18-42)20-32(46)44-21-37(5,6)33-30(44)12-23(15-40-33)11-24-7-9-27(38)14-29(24)39/h7-10,12-15,22,31,45H,11,16-21H2,1-6H3/t22-,31+/m1/s1. The Hall–Kier alpha value is -4.58. The summed E-state index contributed by atoms with van der Waals surface area (Å²) in [5.41, 5.74) is 2.93. The monoisotopic (exact) mass is 675 g/mol. The summed E-state index contributed by atoms with van der Waals surface area (Å²) in [6.07, 6.45) is 1.31. The zero-order chi connectivity index (χ0) is 35.4. The van der Waals surface area contributed by atoms with Gasteiger partial charge in [0.25, 0.3) is 0 Å². The first-order valence-corrected chi connectivity index (χ1v) is 16.6. The van der Waals surface area contributed by atoms with Crippen LogP contribution >= 0.6 is 0 Å². The summed E-state index contributed by atoms with van der Waals surface area (Å²) >= 11 is 0. The molecule has 0 saturated carbocycles. The van der Waals surface area contributed by atoms with Crippen molar-refractivity contribution in [1.82, 2.24) is 19.7 Å². The van der Waals surface area contributed by atoms with E-state index in [0.717, 1.165) is 22.9 Å². The van der Waals surface area contributed by atoms with Crippen molar-refractivity contribution >= 4 is 23.6 Å². The number of piperazine rings is 1. The highest BCUT2D eigenvalue weighted by molar-refractivity contribution is 5.98. The summed E-state index contributed by atoms with van der Waals surface area (Å²) in [6.45, 7) is 12.5. The molecule has 3 amide bonds. The molecule has 1 N–H and O–H groups in total. The first kappa shape index (κ1) is 34.3. The average Bonchev–Trinajstić information content (AvgIpc) is 3.55. The van der Waals surface area contributed by atoms with Crippen molar-refractivity contribution in [3.63, 3.8) is 0 Å². The van der Waals surface area contributed by atoms with E-state index in [2.05, 4.69) is 4.98 Å². The van der Waals surface area contributed by atoms with Gasteiger partial charge >= 0.3 is 6.09 Å². The molecule has 4 heterocycles. The van der Waals surface area contributed by atoms with Gasteiger partial charge < -0.3 is 24.5 Å².